The van der Waals surface area contributed by atoms with Crippen molar-refractivity contribution in [2.75, 3.05) is 39.8 Å². The van der Waals surface area contributed by atoms with Crippen LogP contribution in [0.2, 0.25) is 0 Å². The van der Waals surface area contributed by atoms with Crippen molar-refractivity contribution < 1.29 is 18.7 Å². The lowest BCUT2D eigenvalue weighted by atomic mass is 9.84. The first-order valence-electron chi connectivity index (χ1n) is 12.3. The fourth-order valence-electron chi connectivity index (χ4n) is 4.95. The molecule has 2 aliphatic rings. The summed E-state index contributed by atoms with van der Waals surface area (Å²) in [5.74, 6) is 0.303. The summed E-state index contributed by atoms with van der Waals surface area (Å²) in [5, 5.41) is 3.05. The summed E-state index contributed by atoms with van der Waals surface area (Å²) in [6, 6.07) is 14.9. The van der Waals surface area contributed by atoms with Gasteiger partial charge in [-0.15, -0.1) is 0 Å². The zero-order chi connectivity index (χ0) is 24.7. The minimum atomic E-state index is -0.607. The fraction of sp³-hybridized carbons (Fsp3) is 0.429. The highest BCUT2D eigenvalue weighted by molar-refractivity contribution is 5.80. The van der Waals surface area contributed by atoms with Crippen molar-refractivity contribution in [3.63, 3.8) is 0 Å². The van der Waals surface area contributed by atoms with Crippen molar-refractivity contribution in [1.82, 2.24) is 15.1 Å². The van der Waals surface area contributed by atoms with Gasteiger partial charge in [0.1, 0.15) is 11.6 Å². The third-order valence-electron chi connectivity index (χ3n) is 7.03. The van der Waals surface area contributed by atoms with Gasteiger partial charge in [-0.1, -0.05) is 42.5 Å². The second-order valence-electron chi connectivity index (χ2n) is 9.46. The lowest BCUT2D eigenvalue weighted by Crippen LogP contribution is -2.49. The van der Waals surface area contributed by atoms with E-state index in [4.69, 9.17) is 4.74 Å². The van der Waals surface area contributed by atoms with Gasteiger partial charge in [-0.2, -0.15) is 0 Å². The lowest BCUT2D eigenvalue weighted by Gasteiger charge is -2.35. The van der Waals surface area contributed by atoms with Gasteiger partial charge in [0, 0.05) is 51.1 Å². The summed E-state index contributed by atoms with van der Waals surface area (Å²) in [6.07, 6.45) is 6.45. The number of nitrogens with one attached hydrogen (secondary N) is 1. The molecule has 2 amide bonds. The highest BCUT2D eigenvalue weighted by Crippen LogP contribution is 2.32. The minimum absolute atomic E-state index is 0.0436. The zero-order valence-corrected chi connectivity index (χ0v) is 20.3. The van der Waals surface area contributed by atoms with Crippen molar-refractivity contribution >= 4 is 17.9 Å². The van der Waals surface area contributed by atoms with Crippen molar-refractivity contribution in [3.05, 3.63) is 71.6 Å². The number of hydrogen-bond acceptors (Lipinski definition) is 4. The predicted molar refractivity (Wildman–Crippen MR) is 134 cm³/mol. The average molecular weight is 480 g/mol. The van der Waals surface area contributed by atoms with Crippen LogP contribution in [-0.2, 0) is 16.0 Å². The van der Waals surface area contributed by atoms with Gasteiger partial charge < -0.3 is 15.0 Å². The van der Waals surface area contributed by atoms with Crippen LogP contribution in [0.15, 0.2) is 54.6 Å². The smallest absolute Gasteiger partial charge is 0.222 e. The Balaban J connectivity index is 1.29. The molecule has 0 saturated carbocycles. The maximum atomic E-state index is 14.5. The van der Waals surface area contributed by atoms with Crippen LogP contribution >= 0.6 is 0 Å². The molecule has 7 heteroatoms. The Morgan fingerprint density at radius 1 is 1.14 bits per heavy atom. The third kappa shape index (κ3) is 6.69. The first-order valence-corrected chi connectivity index (χ1v) is 12.3. The summed E-state index contributed by atoms with van der Waals surface area (Å²) in [5.41, 5.74) is 1.07. The van der Waals surface area contributed by atoms with E-state index in [1.54, 1.807) is 19.2 Å². The molecule has 0 aliphatic carbocycles. The molecule has 2 aliphatic heterocycles. The first kappa shape index (κ1) is 24.9. The molecule has 0 aromatic heterocycles. The molecular formula is C28H34FN3O3. The predicted octanol–water partition coefficient (Wildman–Crippen LogP) is 3.66. The number of hydrogen-bond donors (Lipinski definition) is 1. The number of carbonyl (C=O) groups is 2. The summed E-state index contributed by atoms with van der Waals surface area (Å²) >= 11 is 0. The van der Waals surface area contributed by atoms with Gasteiger partial charge in [0.2, 0.25) is 11.8 Å². The van der Waals surface area contributed by atoms with E-state index in [0.29, 0.717) is 56.5 Å². The van der Waals surface area contributed by atoms with Crippen LogP contribution < -0.4 is 10.1 Å². The lowest BCUT2D eigenvalue weighted by molar-refractivity contribution is -0.133. The molecule has 1 atom stereocenters. The number of amides is 2. The van der Waals surface area contributed by atoms with Gasteiger partial charge in [0.25, 0.3) is 0 Å². The van der Waals surface area contributed by atoms with Crippen LogP contribution in [0.5, 0.6) is 5.75 Å². The van der Waals surface area contributed by atoms with Crippen molar-refractivity contribution in [2.45, 2.75) is 37.6 Å². The summed E-state index contributed by atoms with van der Waals surface area (Å²) in [6.45, 7) is 3.92. The molecular weight excluding hydrogens is 445 g/mol. The summed E-state index contributed by atoms with van der Waals surface area (Å²) in [7, 11) is 1.54. The van der Waals surface area contributed by atoms with E-state index in [1.165, 1.54) is 11.6 Å². The van der Waals surface area contributed by atoms with Gasteiger partial charge in [0.15, 0.2) is 0 Å². The second kappa shape index (κ2) is 11.5. The third-order valence-corrected chi connectivity index (χ3v) is 7.03. The fourth-order valence-corrected chi connectivity index (χ4v) is 4.95. The van der Waals surface area contributed by atoms with Gasteiger partial charge >= 0.3 is 0 Å². The first-order chi connectivity index (χ1) is 17.0. The molecule has 0 bridgehead atoms. The van der Waals surface area contributed by atoms with Crippen LogP contribution in [0.1, 0.15) is 36.8 Å². The number of piperazine rings is 1. The molecule has 186 valence electrons. The number of halogens is 1. The number of methoxy groups -OCH3 is 1. The van der Waals surface area contributed by atoms with E-state index in [0.717, 1.165) is 19.6 Å². The molecule has 1 unspecified atom stereocenters. The van der Waals surface area contributed by atoms with Crippen molar-refractivity contribution in [3.8, 4) is 5.75 Å². The van der Waals surface area contributed by atoms with E-state index in [9.17, 15) is 14.0 Å². The number of carbonyl (C=O) groups excluding carboxylic acids is 2. The molecule has 2 saturated heterocycles. The molecule has 2 aromatic rings. The van der Waals surface area contributed by atoms with Crippen LogP contribution in [0, 0.1) is 5.82 Å². The number of ether oxygens (including phenoxy) is 1. The van der Waals surface area contributed by atoms with E-state index >= 15 is 0 Å². The van der Waals surface area contributed by atoms with E-state index in [1.807, 2.05) is 23.1 Å². The molecule has 0 spiro atoms. The molecule has 6 nitrogen and oxygen atoms in total. The second-order valence-corrected chi connectivity index (χ2v) is 9.46. The molecule has 4 rings (SSSR count). The van der Waals surface area contributed by atoms with Gasteiger partial charge in [-0.05, 0) is 48.6 Å². The van der Waals surface area contributed by atoms with E-state index < -0.39 is 5.54 Å². The van der Waals surface area contributed by atoms with Crippen molar-refractivity contribution in [1.29, 1.82) is 0 Å². The van der Waals surface area contributed by atoms with Gasteiger partial charge in [0.05, 0.1) is 7.11 Å². The quantitative estimate of drug-likeness (QED) is 0.596. The molecule has 0 radical (unpaired) electrons. The number of rotatable bonds is 9. The molecule has 2 aromatic carbocycles. The Bertz CT molecular complexity index is 1050. The van der Waals surface area contributed by atoms with Crippen LogP contribution in [0.3, 0.4) is 0 Å². The van der Waals surface area contributed by atoms with E-state index in [2.05, 4.69) is 34.5 Å². The number of nitrogens with zero attached hydrogens (tertiary/aromatic N) is 2. The summed E-state index contributed by atoms with van der Waals surface area (Å²) < 4.78 is 19.7. The average Bonchev–Trinajstić information content (AvgIpc) is 3.25. The largest absolute Gasteiger partial charge is 0.497 e. The molecule has 2 heterocycles. The summed E-state index contributed by atoms with van der Waals surface area (Å²) in [4.78, 5) is 29.3. The molecule has 35 heavy (non-hydrogen) atoms. The van der Waals surface area contributed by atoms with Crippen LogP contribution in [-0.4, -0.2) is 67.0 Å². The Morgan fingerprint density at radius 2 is 1.91 bits per heavy atom. The minimum Gasteiger partial charge on any atom is -0.497 e. The Kier molecular flexibility index (Phi) is 8.18. The topological polar surface area (TPSA) is 61.9 Å². The van der Waals surface area contributed by atoms with Crippen LogP contribution in [0.4, 0.5) is 4.39 Å². The maximum absolute atomic E-state index is 14.5. The van der Waals surface area contributed by atoms with Gasteiger partial charge in [-0.3, -0.25) is 14.5 Å². The highest BCUT2D eigenvalue weighted by Gasteiger charge is 2.39. The number of benzene rings is 2. The standard InChI is InChI=1S/C28H34FN3O3/c1-35-24-9-10-25(29)23(20-24)21-28(13-11-26(33)30-28)14-12-27(34)32-18-16-31(17-19-32)15-5-8-22-6-3-2-4-7-22/h2-10,20H,11-19,21H2,1H3,(H,30,33)/b8-5+. The normalized spacial score (nSPS) is 20.9. The van der Waals surface area contributed by atoms with Crippen LogP contribution in [0.25, 0.3) is 6.08 Å². The monoisotopic (exact) mass is 479 g/mol. The molecule has 2 fully saturated rings. The van der Waals surface area contributed by atoms with E-state index in [-0.39, 0.29) is 17.6 Å². The highest BCUT2D eigenvalue weighted by atomic mass is 19.1. The molecule has 1 N–H and O–H groups in total. The maximum Gasteiger partial charge on any atom is 0.222 e. The Labute approximate surface area is 206 Å². The SMILES string of the molecule is COc1ccc(F)c(CC2(CCC(=O)N3CCN(C/C=C/c4ccccc4)CC3)CCC(=O)N2)c1. The zero-order valence-electron chi connectivity index (χ0n) is 20.3. The Morgan fingerprint density at radius 3 is 2.60 bits per heavy atom. The van der Waals surface area contributed by atoms with Gasteiger partial charge in [-0.25, -0.2) is 4.39 Å². The van der Waals surface area contributed by atoms with Crippen molar-refractivity contribution in [2.24, 2.45) is 0 Å². The Hall–Kier alpha value is -3.19.